The molecular formula is C8H14NO2. The van der Waals surface area contributed by atoms with Crippen LogP contribution in [0, 0.1) is 6.10 Å². The van der Waals surface area contributed by atoms with Crippen molar-refractivity contribution in [1.82, 2.24) is 4.90 Å². The minimum atomic E-state index is 0.642. The second-order valence-electron chi connectivity index (χ2n) is 3.29. The fourth-order valence-electron chi connectivity index (χ4n) is 1.58. The fourth-order valence-corrected chi connectivity index (χ4v) is 1.58. The Kier molecular flexibility index (Phi) is 2.11. The molecule has 0 saturated carbocycles. The lowest BCUT2D eigenvalue weighted by molar-refractivity contribution is -0.0723. The third kappa shape index (κ3) is 1.55. The van der Waals surface area contributed by atoms with Gasteiger partial charge in [0.05, 0.1) is 25.4 Å². The molecule has 63 valence electrons. The van der Waals surface area contributed by atoms with Crippen LogP contribution in [0.15, 0.2) is 0 Å². The smallest absolute Gasteiger partial charge is 0.0958 e. The lowest BCUT2D eigenvalue weighted by Gasteiger charge is -2.40. The van der Waals surface area contributed by atoms with Gasteiger partial charge in [-0.25, -0.2) is 0 Å². The van der Waals surface area contributed by atoms with E-state index in [2.05, 4.69) is 4.90 Å². The minimum absolute atomic E-state index is 0.642. The minimum Gasteiger partial charge on any atom is -0.387 e. The lowest BCUT2D eigenvalue weighted by Crippen LogP contribution is -2.51. The van der Waals surface area contributed by atoms with E-state index in [0.717, 1.165) is 39.1 Å². The number of likely N-dealkylation sites (tertiary alicyclic amines) is 1. The molecule has 0 atom stereocenters. The van der Waals surface area contributed by atoms with E-state index >= 15 is 0 Å². The third-order valence-corrected chi connectivity index (χ3v) is 2.51. The molecule has 3 heteroatoms. The highest BCUT2D eigenvalue weighted by Crippen LogP contribution is 2.20. The summed E-state index contributed by atoms with van der Waals surface area (Å²) in [4.78, 5) is 2.41. The molecule has 0 aromatic rings. The Balaban J connectivity index is 1.77. The molecule has 2 fully saturated rings. The molecule has 2 aliphatic rings. The molecule has 2 heterocycles. The van der Waals surface area contributed by atoms with Crippen molar-refractivity contribution in [2.24, 2.45) is 0 Å². The van der Waals surface area contributed by atoms with Gasteiger partial charge in [-0.05, 0) is 12.8 Å². The fraction of sp³-hybridized carbons (Fsp3) is 0.875. The van der Waals surface area contributed by atoms with Gasteiger partial charge in [-0.2, -0.15) is 0 Å². The predicted octanol–water partition coefficient (Wildman–Crippen LogP) is 0.385. The van der Waals surface area contributed by atoms with Crippen molar-refractivity contribution in [2.75, 3.05) is 26.3 Å². The van der Waals surface area contributed by atoms with E-state index in [4.69, 9.17) is 9.84 Å². The maximum atomic E-state index is 9.16. The number of aliphatic hydroxyl groups excluding tert-OH is 1. The number of hydrogen-bond donors (Lipinski definition) is 1. The van der Waals surface area contributed by atoms with Gasteiger partial charge in [0.2, 0.25) is 0 Å². The average molecular weight is 156 g/mol. The second-order valence-corrected chi connectivity index (χ2v) is 3.29. The summed E-state index contributed by atoms with van der Waals surface area (Å²) in [5.41, 5.74) is 0. The first kappa shape index (κ1) is 7.53. The first-order valence-corrected chi connectivity index (χ1v) is 4.22. The van der Waals surface area contributed by atoms with Gasteiger partial charge in [-0.3, -0.25) is 4.90 Å². The summed E-state index contributed by atoms with van der Waals surface area (Å²) in [5, 5.41) is 9.16. The van der Waals surface area contributed by atoms with Crippen LogP contribution in [-0.4, -0.2) is 42.4 Å². The maximum absolute atomic E-state index is 9.16. The zero-order chi connectivity index (χ0) is 7.68. The molecule has 0 amide bonds. The van der Waals surface area contributed by atoms with Crippen LogP contribution in [0.5, 0.6) is 0 Å². The zero-order valence-electron chi connectivity index (χ0n) is 6.62. The van der Waals surface area contributed by atoms with E-state index in [9.17, 15) is 0 Å². The number of hydrogen-bond acceptors (Lipinski definition) is 3. The van der Waals surface area contributed by atoms with Gasteiger partial charge < -0.3 is 9.84 Å². The van der Waals surface area contributed by atoms with E-state index in [0.29, 0.717) is 12.1 Å². The van der Waals surface area contributed by atoms with Gasteiger partial charge in [0, 0.05) is 13.1 Å². The van der Waals surface area contributed by atoms with Gasteiger partial charge >= 0.3 is 0 Å². The van der Waals surface area contributed by atoms with Crippen LogP contribution in [0.4, 0.5) is 0 Å². The highest BCUT2D eigenvalue weighted by molar-refractivity contribution is 4.88. The molecule has 1 radical (unpaired) electrons. The van der Waals surface area contributed by atoms with Crippen molar-refractivity contribution < 1.29 is 9.84 Å². The summed E-state index contributed by atoms with van der Waals surface area (Å²) in [7, 11) is 0. The van der Waals surface area contributed by atoms with Crippen LogP contribution in [0.2, 0.25) is 0 Å². The molecule has 0 aliphatic carbocycles. The molecule has 0 aromatic heterocycles. The summed E-state index contributed by atoms with van der Waals surface area (Å²) in [6, 6.07) is 0.642. The molecule has 1 N–H and O–H groups in total. The van der Waals surface area contributed by atoms with Crippen molar-refractivity contribution in [1.29, 1.82) is 0 Å². The van der Waals surface area contributed by atoms with E-state index < -0.39 is 0 Å². The molecular weight excluding hydrogens is 142 g/mol. The van der Waals surface area contributed by atoms with Gasteiger partial charge in [0.15, 0.2) is 0 Å². The molecule has 2 aliphatic heterocycles. The Morgan fingerprint density at radius 3 is 2.36 bits per heavy atom. The molecule has 0 unspecified atom stereocenters. The SMILES string of the molecule is O[C]1CCN(C2COC2)CC1. The Labute approximate surface area is 66.9 Å². The predicted molar refractivity (Wildman–Crippen MR) is 40.6 cm³/mol. The van der Waals surface area contributed by atoms with Crippen molar-refractivity contribution in [2.45, 2.75) is 18.9 Å². The molecule has 2 rings (SSSR count). The van der Waals surface area contributed by atoms with E-state index in [1.54, 1.807) is 0 Å². The summed E-state index contributed by atoms with van der Waals surface area (Å²) in [6.45, 7) is 3.81. The lowest BCUT2D eigenvalue weighted by atomic mass is 10.1. The number of aliphatic hydroxyl groups is 1. The Bertz CT molecular complexity index is 128. The van der Waals surface area contributed by atoms with Gasteiger partial charge in [0.1, 0.15) is 0 Å². The van der Waals surface area contributed by atoms with Gasteiger partial charge in [-0.15, -0.1) is 0 Å². The monoisotopic (exact) mass is 156 g/mol. The standard InChI is InChI=1S/C8H14NO2/c10-8-1-3-9(4-2-8)7-5-11-6-7/h7,10H,1-6H2. The van der Waals surface area contributed by atoms with Crippen LogP contribution < -0.4 is 0 Å². The summed E-state index contributed by atoms with van der Waals surface area (Å²) in [6.07, 6.45) is 2.38. The molecule has 2 saturated heterocycles. The molecule has 0 spiro atoms. The van der Waals surface area contributed by atoms with Crippen LogP contribution in [0.1, 0.15) is 12.8 Å². The van der Waals surface area contributed by atoms with E-state index in [-0.39, 0.29) is 0 Å². The summed E-state index contributed by atoms with van der Waals surface area (Å²) < 4.78 is 5.10. The second kappa shape index (κ2) is 3.09. The maximum Gasteiger partial charge on any atom is 0.0958 e. The van der Waals surface area contributed by atoms with Crippen LogP contribution in [0.3, 0.4) is 0 Å². The van der Waals surface area contributed by atoms with Gasteiger partial charge in [-0.1, -0.05) is 0 Å². The summed E-state index contributed by atoms with van der Waals surface area (Å²) in [5.74, 6) is 0. The number of nitrogens with zero attached hydrogens (tertiary/aromatic N) is 1. The Hall–Kier alpha value is -0.120. The number of ether oxygens (including phenoxy) is 1. The van der Waals surface area contributed by atoms with Crippen molar-refractivity contribution in [3.63, 3.8) is 0 Å². The first-order chi connectivity index (χ1) is 5.36. The average Bonchev–Trinajstić information content (AvgIpc) is 1.90. The van der Waals surface area contributed by atoms with Gasteiger partial charge in [0.25, 0.3) is 0 Å². The molecule has 3 nitrogen and oxygen atoms in total. The topological polar surface area (TPSA) is 32.7 Å². The Morgan fingerprint density at radius 2 is 1.91 bits per heavy atom. The van der Waals surface area contributed by atoms with E-state index in [1.165, 1.54) is 0 Å². The normalized spacial score (nSPS) is 30.3. The molecule has 0 aromatic carbocycles. The molecule has 11 heavy (non-hydrogen) atoms. The van der Waals surface area contributed by atoms with Crippen molar-refractivity contribution in [3.05, 3.63) is 6.10 Å². The number of piperidine rings is 1. The van der Waals surface area contributed by atoms with Crippen molar-refractivity contribution in [3.8, 4) is 0 Å². The first-order valence-electron chi connectivity index (χ1n) is 4.22. The van der Waals surface area contributed by atoms with E-state index in [1.807, 2.05) is 0 Å². The van der Waals surface area contributed by atoms with Crippen LogP contribution in [0.25, 0.3) is 0 Å². The van der Waals surface area contributed by atoms with Crippen LogP contribution >= 0.6 is 0 Å². The highest BCUT2D eigenvalue weighted by Gasteiger charge is 2.28. The largest absolute Gasteiger partial charge is 0.387 e. The highest BCUT2D eigenvalue weighted by atomic mass is 16.5. The quantitative estimate of drug-likeness (QED) is 0.596. The third-order valence-electron chi connectivity index (χ3n) is 2.51. The summed E-state index contributed by atoms with van der Waals surface area (Å²) >= 11 is 0. The van der Waals surface area contributed by atoms with Crippen LogP contribution in [-0.2, 0) is 4.74 Å². The molecule has 0 bridgehead atoms. The van der Waals surface area contributed by atoms with Crippen molar-refractivity contribution >= 4 is 0 Å². The zero-order valence-corrected chi connectivity index (χ0v) is 6.62. The Morgan fingerprint density at radius 1 is 1.27 bits per heavy atom. The number of rotatable bonds is 1.